The second-order valence-electron chi connectivity index (χ2n) is 5.34. The van der Waals surface area contributed by atoms with E-state index in [0.29, 0.717) is 35.1 Å². The maximum absolute atomic E-state index is 11.6. The van der Waals surface area contributed by atoms with E-state index in [4.69, 9.17) is 9.47 Å². The Bertz CT molecular complexity index is 714. The van der Waals surface area contributed by atoms with Crippen molar-refractivity contribution in [3.63, 3.8) is 0 Å². The first-order chi connectivity index (χ1) is 10.7. The van der Waals surface area contributed by atoms with Gasteiger partial charge in [0.25, 0.3) is 0 Å². The third-order valence-corrected chi connectivity index (χ3v) is 4.95. The molecule has 0 bridgehead atoms. The summed E-state index contributed by atoms with van der Waals surface area (Å²) in [6.45, 7) is 0.575. The molecule has 2 heterocycles. The van der Waals surface area contributed by atoms with Gasteiger partial charge < -0.3 is 14.6 Å². The minimum atomic E-state index is -1.40. The predicted molar refractivity (Wildman–Crippen MR) is 92.0 cm³/mol. The first-order valence-electron chi connectivity index (χ1n) is 7.10. The number of para-hydroxylation sites is 2. The van der Waals surface area contributed by atoms with Gasteiger partial charge in [-0.2, -0.15) is 0 Å². The second-order valence-corrected chi connectivity index (χ2v) is 6.23. The topological polar surface area (TPSA) is 51.1 Å². The molecule has 2 aliphatic heterocycles. The number of hydrogen-bond donors (Lipinski definition) is 1. The van der Waals surface area contributed by atoms with Crippen molar-refractivity contribution in [3.8, 4) is 11.5 Å². The lowest BCUT2D eigenvalue weighted by Gasteiger charge is -2.35. The Morgan fingerprint density at radius 1 is 1.09 bits per heavy atom. The summed E-state index contributed by atoms with van der Waals surface area (Å²) in [7, 11) is 0. The minimum absolute atomic E-state index is 0.0156. The van der Waals surface area contributed by atoms with Gasteiger partial charge in [0.2, 0.25) is 5.90 Å². The van der Waals surface area contributed by atoms with Crippen LogP contribution >= 0.6 is 22.6 Å². The summed E-state index contributed by atoms with van der Waals surface area (Å²) in [5, 5.41) is 11.6. The first kappa shape index (κ1) is 14.0. The first-order valence-corrected chi connectivity index (χ1v) is 8.63. The van der Waals surface area contributed by atoms with Crippen LogP contribution in [0, 0.1) is 0 Å². The van der Waals surface area contributed by atoms with Crippen LogP contribution in [0.4, 0.5) is 0 Å². The van der Waals surface area contributed by atoms with Gasteiger partial charge in [-0.3, -0.25) is 0 Å². The van der Waals surface area contributed by atoms with Crippen molar-refractivity contribution in [1.82, 2.24) is 0 Å². The molecule has 0 aromatic heterocycles. The molecule has 4 nitrogen and oxygen atoms in total. The normalized spacial score (nSPS) is 21.2. The van der Waals surface area contributed by atoms with Gasteiger partial charge in [-0.25, -0.2) is 4.99 Å². The Labute approximate surface area is 141 Å². The summed E-state index contributed by atoms with van der Waals surface area (Å²) < 4.78 is 12.7. The van der Waals surface area contributed by atoms with Gasteiger partial charge in [0.15, 0.2) is 5.60 Å². The summed E-state index contributed by atoms with van der Waals surface area (Å²) in [5.74, 6) is 1.62. The number of fused-ring (bicyclic) bond motifs is 2. The number of halogens is 1. The van der Waals surface area contributed by atoms with Crippen LogP contribution < -0.4 is 4.74 Å². The van der Waals surface area contributed by atoms with E-state index in [9.17, 15) is 5.11 Å². The van der Waals surface area contributed by atoms with Crippen molar-refractivity contribution in [2.75, 3.05) is 11.0 Å². The molecular formula is C17H14INO3. The van der Waals surface area contributed by atoms with Gasteiger partial charge in [0.05, 0.1) is 6.54 Å². The molecule has 1 unspecified atom stereocenters. The molecule has 0 amide bonds. The van der Waals surface area contributed by atoms with E-state index < -0.39 is 5.60 Å². The van der Waals surface area contributed by atoms with Crippen LogP contribution in [0.5, 0.6) is 11.5 Å². The largest absolute Gasteiger partial charge is 0.472 e. The smallest absolute Gasteiger partial charge is 0.226 e. The summed E-state index contributed by atoms with van der Waals surface area (Å²) in [4.78, 5) is 4.47. The fraction of sp³-hybridized carbons (Fsp3) is 0.235. The Morgan fingerprint density at radius 3 is 2.23 bits per heavy atom. The Kier molecular flexibility index (Phi) is 3.34. The average Bonchev–Trinajstić information content (AvgIpc) is 3.05. The zero-order valence-corrected chi connectivity index (χ0v) is 13.9. The fourth-order valence-electron chi connectivity index (χ4n) is 2.90. The molecule has 1 N–H and O–H groups in total. The van der Waals surface area contributed by atoms with E-state index in [1.54, 1.807) is 0 Å². The van der Waals surface area contributed by atoms with Crippen molar-refractivity contribution >= 4 is 28.5 Å². The van der Waals surface area contributed by atoms with Crippen LogP contribution in [0.2, 0.25) is 0 Å². The van der Waals surface area contributed by atoms with Crippen LogP contribution in [0.15, 0.2) is 53.5 Å². The van der Waals surface area contributed by atoms with E-state index in [1.165, 1.54) is 0 Å². The van der Waals surface area contributed by atoms with Crippen LogP contribution in [-0.4, -0.2) is 28.1 Å². The van der Waals surface area contributed by atoms with E-state index in [-0.39, 0.29) is 6.10 Å². The molecule has 22 heavy (non-hydrogen) atoms. The molecule has 0 saturated heterocycles. The van der Waals surface area contributed by atoms with E-state index >= 15 is 0 Å². The van der Waals surface area contributed by atoms with Gasteiger partial charge in [0.1, 0.15) is 17.6 Å². The molecular weight excluding hydrogens is 393 g/mol. The Hall–Kier alpha value is -1.60. The van der Waals surface area contributed by atoms with Gasteiger partial charge in [0, 0.05) is 15.6 Å². The quantitative estimate of drug-likeness (QED) is 0.615. The van der Waals surface area contributed by atoms with Crippen LogP contribution in [0.25, 0.3) is 0 Å². The lowest BCUT2D eigenvalue weighted by Crippen LogP contribution is -2.40. The summed E-state index contributed by atoms with van der Waals surface area (Å²) in [6, 6.07) is 14.9. The summed E-state index contributed by atoms with van der Waals surface area (Å²) in [6.07, 6.45) is 0.0156. The number of aliphatic hydroxyl groups is 1. The van der Waals surface area contributed by atoms with Crippen molar-refractivity contribution in [2.24, 2.45) is 4.99 Å². The van der Waals surface area contributed by atoms with Crippen molar-refractivity contribution in [1.29, 1.82) is 0 Å². The molecule has 2 aromatic rings. The zero-order valence-electron chi connectivity index (χ0n) is 11.7. The van der Waals surface area contributed by atoms with Crippen molar-refractivity contribution in [3.05, 3.63) is 59.7 Å². The fourth-order valence-corrected chi connectivity index (χ4v) is 3.36. The maximum atomic E-state index is 11.6. The van der Waals surface area contributed by atoms with Gasteiger partial charge in [-0.15, -0.1) is 0 Å². The highest BCUT2D eigenvalue weighted by Gasteiger charge is 2.48. The molecule has 0 saturated carbocycles. The molecule has 2 aromatic carbocycles. The number of ether oxygens (including phenoxy) is 2. The van der Waals surface area contributed by atoms with Crippen LogP contribution in [0.1, 0.15) is 11.1 Å². The van der Waals surface area contributed by atoms with E-state index in [0.717, 1.165) is 4.43 Å². The lowest BCUT2D eigenvalue weighted by atomic mass is 9.83. The Balaban J connectivity index is 1.91. The molecule has 0 spiro atoms. The summed E-state index contributed by atoms with van der Waals surface area (Å²) >= 11 is 2.27. The molecule has 0 fully saturated rings. The standard InChI is InChI=1S/C17H14INO3/c18-9-11-10-19-16(21-11)17(20)12-5-1-3-7-14(12)22-15-8-4-2-6-13(15)17/h1-8,11,20H,9-10H2. The third-order valence-electron chi connectivity index (χ3n) is 3.97. The SMILES string of the molecule is OC1(C2=NCC(CI)O2)c2ccccc2Oc2ccccc21. The van der Waals surface area contributed by atoms with Crippen molar-refractivity contribution < 1.29 is 14.6 Å². The highest BCUT2D eigenvalue weighted by atomic mass is 127. The zero-order chi connectivity index (χ0) is 15.2. The maximum Gasteiger partial charge on any atom is 0.226 e. The number of alkyl halides is 1. The lowest BCUT2D eigenvalue weighted by molar-refractivity contribution is 0.101. The number of hydrogen-bond acceptors (Lipinski definition) is 4. The van der Waals surface area contributed by atoms with Gasteiger partial charge in [-0.1, -0.05) is 59.0 Å². The highest BCUT2D eigenvalue weighted by Crippen LogP contribution is 2.48. The second kappa shape index (κ2) is 5.24. The minimum Gasteiger partial charge on any atom is -0.472 e. The third kappa shape index (κ3) is 1.95. The molecule has 0 aliphatic carbocycles. The summed E-state index contributed by atoms with van der Waals surface area (Å²) in [5.41, 5.74) is -0.0606. The Morgan fingerprint density at radius 2 is 1.68 bits per heavy atom. The van der Waals surface area contributed by atoms with Crippen LogP contribution in [0.3, 0.4) is 0 Å². The van der Waals surface area contributed by atoms with Gasteiger partial charge >= 0.3 is 0 Å². The number of benzene rings is 2. The molecule has 5 heteroatoms. The highest BCUT2D eigenvalue weighted by molar-refractivity contribution is 14.1. The number of rotatable bonds is 2. The molecule has 112 valence electrons. The van der Waals surface area contributed by atoms with Crippen molar-refractivity contribution in [2.45, 2.75) is 11.7 Å². The number of aliphatic imine (C=N–C) groups is 1. The average molecular weight is 407 g/mol. The van der Waals surface area contributed by atoms with E-state index in [2.05, 4.69) is 27.6 Å². The molecule has 1 atom stereocenters. The molecule has 0 radical (unpaired) electrons. The monoisotopic (exact) mass is 407 g/mol. The van der Waals surface area contributed by atoms with Gasteiger partial charge in [-0.05, 0) is 12.1 Å². The number of nitrogens with zero attached hydrogens (tertiary/aromatic N) is 1. The predicted octanol–water partition coefficient (Wildman–Crippen LogP) is 3.26. The van der Waals surface area contributed by atoms with E-state index in [1.807, 2.05) is 48.5 Å². The molecule has 2 aliphatic rings. The van der Waals surface area contributed by atoms with Crippen LogP contribution in [-0.2, 0) is 10.3 Å². The molecule has 4 rings (SSSR count).